The van der Waals surface area contributed by atoms with E-state index in [1.807, 2.05) is 38.1 Å². The van der Waals surface area contributed by atoms with Crippen molar-refractivity contribution in [2.45, 2.75) is 19.9 Å². The molecule has 6 nitrogen and oxygen atoms in total. The van der Waals surface area contributed by atoms with Crippen LogP contribution in [0.4, 0.5) is 0 Å². The number of hydrogen-bond donors (Lipinski definition) is 2. The number of para-hydroxylation sites is 1. The maximum Gasteiger partial charge on any atom is 0.268 e. The number of hydrogen-bond acceptors (Lipinski definition) is 4. The van der Waals surface area contributed by atoms with Crippen molar-refractivity contribution in [3.63, 3.8) is 0 Å². The smallest absolute Gasteiger partial charge is 0.268 e. The van der Waals surface area contributed by atoms with Gasteiger partial charge in [0, 0.05) is 17.0 Å². The Morgan fingerprint density at radius 1 is 1.15 bits per heavy atom. The Morgan fingerprint density at radius 3 is 2.67 bits per heavy atom. The van der Waals surface area contributed by atoms with Gasteiger partial charge in [-0.3, -0.25) is 9.59 Å². The number of nitrogens with one attached hydrogen (secondary N) is 2. The monoisotopic (exact) mass is 366 g/mol. The Kier molecular flexibility index (Phi) is 5.45. The summed E-state index contributed by atoms with van der Waals surface area (Å²) in [4.78, 5) is 27.8. The number of carbonyl (C=O) groups excluding carboxylic acids is 1. The Hall–Kier alpha value is -3.28. The Bertz CT molecular complexity index is 1030. The van der Waals surface area contributed by atoms with Crippen molar-refractivity contribution in [1.29, 1.82) is 0 Å². The third kappa shape index (κ3) is 3.95. The summed E-state index contributed by atoms with van der Waals surface area (Å²) in [6, 6.07) is 13.7. The second kappa shape index (κ2) is 7.95. The number of pyridine rings is 1. The van der Waals surface area contributed by atoms with Crippen molar-refractivity contribution >= 4 is 16.8 Å². The molecular weight excluding hydrogens is 344 g/mol. The fourth-order valence-electron chi connectivity index (χ4n) is 2.91. The van der Waals surface area contributed by atoms with Gasteiger partial charge in [-0.2, -0.15) is 0 Å². The molecule has 1 heterocycles. The summed E-state index contributed by atoms with van der Waals surface area (Å²) in [5.74, 6) is 0.911. The number of H-pyrrole nitrogens is 1. The van der Waals surface area contributed by atoms with Crippen LogP contribution in [0.2, 0.25) is 0 Å². The first-order chi connectivity index (χ1) is 13.0. The first-order valence-corrected chi connectivity index (χ1v) is 8.77. The van der Waals surface area contributed by atoms with E-state index in [-0.39, 0.29) is 23.1 Å². The highest BCUT2D eigenvalue weighted by molar-refractivity contribution is 5.95. The lowest BCUT2D eigenvalue weighted by molar-refractivity contribution is 0.0935. The van der Waals surface area contributed by atoms with Gasteiger partial charge < -0.3 is 19.8 Å². The standard InChI is InChI=1S/C21H22N2O4/c1-4-27-19-10-9-14(11-20(19)26-3)13(2)22-21(25)17-12-18(24)15-7-5-6-8-16(15)23-17/h5-13H,4H2,1-3H3,(H,22,25)(H,23,24)/t13-/m0/s1. The highest BCUT2D eigenvalue weighted by atomic mass is 16.5. The number of aromatic amines is 1. The number of benzene rings is 2. The number of fused-ring (bicyclic) bond motifs is 1. The first-order valence-electron chi connectivity index (χ1n) is 8.77. The summed E-state index contributed by atoms with van der Waals surface area (Å²) in [7, 11) is 1.57. The molecule has 1 atom stereocenters. The molecule has 0 bridgehead atoms. The summed E-state index contributed by atoms with van der Waals surface area (Å²) in [6.07, 6.45) is 0. The van der Waals surface area contributed by atoms with E-state index in [2.05, 4.69) is 10.3 Å². The van der Waals surface area contributed by atoms with Gasteiger partial charge in [-0.15, -0.1) is 0 Å². The van der Waals surface area contributed by atoms with Crippen molar-refractivity contribution < 1.29 is 14.3 Å². The van der Waals surface area contributed by atoms with Gasteiger partial charge in [-0.05, 0) is 43.7 Å². The zero-order valence-corrected chi connectivity index (χ0v) is 15.5. The van der Waals surface area contributed by atoms with E-state index in [0.29, 0.717) is 29.0 Å². The minimum Gasteiger partial charge on any atom is -0.493 e. The molecule has 3 aromatic rings. The molecule has 1 aromatic heterocycles. The van der Waals surface area contributed by atoms with Crippen molar-refractivity contribution in [2.75, 3.05) is 13.7 Å². The van der Waals surface area contributed by atoms with Crippen molar-refractivity contribution in [3.8, 4) is 11.5 Å². The molecule has 2 aromatic carbocycles. The van der Waals surface area contributed by atoms with Gasteiger partial charge in [-0.25, -0.2) is 0 Å². The first kappa shape index (κ1) is 18.5. The molecule has 0 aliphatic carbocycles. The Morgan fingerprint density at radius 2 is 1.93 bits per heavy atom. The minimum absolute atomic E-state index is 0.190. The minimum atomic E-state index is -0.349. The summed E-state index contributed by atoms with van der Waals surface area (Å²) in [6.45, 7) is 4.31. The quantitative estimate of drug-likeness (QED) is 0.700. The second-order valence-corrected chi connectivity index (χ2v) is 6.13. The van der Waals surface area contributed by atoms with E-state index in [0.717, 1.165) is 5.56 Å². The van der Waals surface area contributed by atoms with Gasteiger partial charge in [0.2, 0.25) is 0 Å². The molecule has 0 aliphatic rings. The molecule has 0 unspecified atom stereocenters. The average molecular weight is 366 g/mol. The van der Waals surface area contributed by atoms with Crippen LogP contribution in [0.3, 0.4) is 0 Å². The Balaban J connectivity index is 1.82. The normalized spacial score (nSPS) is 11.8. The van der Waals surface area contributed by atoms with Crippen LogP contribution in [0, 0.1) is 0 Å². The van der Waals surface area contributed by atoms with E-state index in [1.54, 1.807) is 25.3 Å². The van der Waals surface area contributed by atoms with Gasteiger partial charge in [-0.1, -0.05) is 18.2 Å². The van der Waals surface area contributed by atoms with E-state index in [4.69, 9.17) is 9.47 Å². The van der Waals surface area contributed by atoms with E-state index in [1.165, 1.54) is 6.07 Å². The predicted molar refractivity (Wildman–Crippen MR) is 105 cm³/mol. The van der Waals surface area contributed by atoms with Crippen LogP contribution in [0.15, 0.2) is 53.3 Å². The SMILES string of the molecule is CCOc1ccc([C@H](C)NC(=O)c2cc(=O)c3ccccc3[nH]2)cc1OC. The third-order valence-electron chi connectivity index (χ3n) is 4.32. The fraction of sp³-hybridized carbons (Fsp3) is 0.238. The average Bonchev–Trinajstić information content (AvgIpc) is 2.68. The van der Waals surface area contributed by atoms with Gasteiger partial charge in [0.15, 0.2) is 16.9 Å². The third-order valence-corrected chi connectivity index (χ3v) is 4.32. The molecule has 2 N–H and O–H groups in total. The van der Waals surface area contributed by atoms with Crippen LogP contribution in [0.1, 0.15) is 35.9 Å². The summed E-state index contributed by atoms with van der Waals surface area (Å²) < 4.78 is 10.9. The largest absolute Gasteiger partial charge is 0.493 e. The molecule has 140 valence electrons. The van der Waals surface area contributed by atoms with Crippen LogP contribution in [-0.2, 0) is 0 Å². The molecular formula is C21H22N2O4. The second-order valence-electron chi connectivity index (χ2n) is 6.13. The molecule has 1 amide bonds. The van der Waals surface area contributed by atoms with Gasteiger partial charge >= 0.3 is 0 Å². The van der Waals surface area contributed by atoms with Gasteiger partial charge in [0.05, 0.1) is 19.8 Å². The summed E-state index contributed by atoms with van der Waals surface area (Å²) >= 11 is 0. The zero-order chi connectivity index (χ0) is 19.4. The molecule has 3 rings (SSSR count). The van der Waals surface area contributed by atoms with E-state index < -0.39 is 0 Å². The number of aromatic nitrogens is 1. The van der Waals surface area contributed by atoms with Crippen molar-refractivity contribution in [3.05, 3.63) is 70.0 Å². The van der Waals surface area contributed by atoms with E-state index in [9.17, 15) is 9.59 Å². The number of rotatable bonds is 6. The lowest BCUT2D eigenvalue weighted by Gasteiger charge is -2.17. The van der Waals surface area contributed by atoms with Crippen LogP contribution in [0.5, 0.6) is 11.5 Å². The van der Waals surface area contributed by atoms with Crippen molar-refractivity contribution in [2.24, 2.45) is 0 Å². The molecule has 0 fully saturated rings. The van der Waals surface area contributed by atoms with Crippen LogP contribution >= 0.6 is 0 Å². The molecule has 0 aliphatic heterocycles. The lowest BCUT2D eigenvalue weighted by atomic mass is 10.1. The summed E-state index contributed by atoms with van der Waals surface area (Å²) in [5, 5.41) is 3.46. The number of carbonyl (C=O) groups is 1. The highest BCUT2D eigenvalue weighted by Crippen LogP contribution is 2.30. The van der Waals surface area contributed by atoms with Gasteiger partial charge in [0.1, 0.15) is 5.69 Å². The topological polar surface area (TPSA) is 80.4 Å². The number of methoxy groups -OCH3 is 1. The maximum absolute atomic E-state index is 12.6. The fourth-order valence-corrected chi connectivity index (χ4v) is 2.91. The lowest BCUT2D eigenvalue weighted by Crippen LogP contribution is -2.28. The highest BCUT2D eigenvalue weighted by Gasteiger charge is 2.15. The van der Waals surface area contributed by atoms with Crippen LogP contribution in [0.25, 0.3) is 10.9 Å². The van der Waals surface area contributed by atoms with Crippen LogP contribution < -0.4 is 20.2 Å². The molecule has 27 heavy (non-hydrogen) atoms. The molecule has 0 saturated heterocycles. The zero-order valence-electron chi connectivity index (χ0n) is 15.5. The maximum atomic E-state index is 12.6. The predicted octanol–water partition coefficient (Wildman–Crippen LogP) is 3.43. The molecule has 6 heteroatoms. The van der Waals surface area contributed by atoms with E-state index >= 15 is 0 Å². The Labute approximate surface area is 157 Å². The molecule has 0 radical (unpaired) electrons. The number of ether oxygens (including phenoxy) is 2. The van der Waals surface area contributed by atoms with Crippen molar-refractivity contribution in [1.82, 2.24) is 10.3 Å². The summed E-state index contributed by atoms with van der Waals surface area (Å²) in [5.41, 5.74) is 1.53. The molecule has 0 spiro atoms. The number of amides is 1. The van der Waals surface area contributed by atoms with Crippen LogP contribution in [-0.4, -0.2) is 24.6 Å². The van der Waals surface area contributed by atoms with Gasteiger partial charge in [0.25, 0.3) is 5.91 Å². The molecule has 0 saturated carbocycles.